The second-order valence-corrected chi connectivity index (χ2v) is 1.16. The van der Waals surface area contributed by atoms with Crippen LogP contribution < -0.4 is 59.1 Å². The second kappa shape index (κ2) is 30.6. The van der Waals surface area contributed by atoms with E-state index in [4.69, 9.17) is 9.11 Å². The van der Waals surface area contributed by atoms with Crippen LogP contribution in [0.3, 0.4) is 0 Å². The van der Waals surface area contributed by atoms with Crippen LogP contribution in [0, 0.1) is 0 Å². The van der Waals surface area contributed by atoms with Gasteiger partial charge in [-0.2, -0.15) is 0 Å². The summed E-state index contributed by atoms with van der Waals surface area (Å²) in [7, 11) is 0. The number of carbonyl (C=O) groups is 1. The molecule has 50 valence electrons. The number of carbonyl (C=O) groups excluding carboxylic acids is 1. The average molecular weight is 182 g/mol. The van der Waals surface area contributed by atoms with Crippen molar-refractivity contribution in [2.45, 2.75) is 19.8 Å². The van der Waals surface area contributed by atoms with Crippen molar-refractivity contribution >= 4 is 18.6 Å². The van der Waals surface area contributed by atoms with Gasteiger partial charge in [0.25, 0.3) is 0 Å². The largest absolute Gasteiger partial charge is 1.00 e. The molecule has 0 fully saturated rings. The number of hydrogen-bond acceptors (Lipinski definition) is 4. The third-order valence-electron chi connectivity index (χ3n) is 0.407. The average Bonchev–Trinajstić information content (AvgIpc) is 1.71. The van der Waals surface area contributed by atoms with Crippen molar-refractivity contribution in [1.82, 2.24) is 0 Å². The molecule has 0 N–H and O–H groups in total. The van der Waals surface area contributed by atoms with Gasteiger partial charge in [0.05, 0.1) is 0 Å². The molecule has 0 rings (SSSR count). The summed E-state index contributed by atoms with van der Waals surface area (Å²) in [6.45, 7) is 1.98. The van der Waals surface area contributed by atoms with Crippen LogP contribution in [0.15, 0.2) is 0 Å². The Labute approximate surface area is 110 Å². The fourth-order valence-electron chi connectivity index (χ4n) is 0.118. The fraction of sp³-hybridized carbons (Fsp3) is 0.750. The standard InChI is InChI=1S/C4H8O.2Na.H2O2S/c1-2-3-4-5;;;1-3-2/h4H,2-3H2,1H3;;;1-2H/q;2*+1;/p-2. The molecular weight excluding hydrogens is 174 g/mol. The third-order valence-corrected chi connectivity index (χ3v) is 0.407. The van der Waals surface area contributed by atoms with Gasteiger partial charge in [-0.25, -0.2) is 0 Å². The summed E-state index contributed by atoms with van der Waals surface area (Å²) in [5.41, 5.74) is 0. The molecule has 0 aromatic heterocycles. The van der Waals surface area contributed by atoms with Crippen molar-refractivity contribution in [3.8, 4) is 0 Å². The Bertz CT molecular complexity index is 47.5. The maximum Gasteiger partial charge on any atom is 1.00 e. The molecule has 0 saturated heterocycles. The van der Waals surface area contributed by atoms with Gasteiger partial charge in [0.1, 0.15) is 6.29 Å². The van der Waals surface area contributed by atoms with Crippen LogP contribution in [-0.4, -0.2) is 15.4 Å². The summed E-state index contributed by atoms with van der Waals surface area (Å²) in [5.74, 6) is 0. The van der Waals surface area contributed by atoms with Crippen molar-refractivity contribution in [3.05, 3.63) is 0 Å². The third kappa shape index (κ3) is 51.2. The van der Waals surface area contributed by atoms with E-state index in [1.807, 2.05) is 6.92 Å². The summed E-state index contributed by atoms with van der Waals surface area (Å²) in [6.07, 6.45) is 2.61. The molecule has 0 radical (unpaired) electrons. The van der Waals surface area contributed by atoms with E-state index in [0.717, 1.165) is 12.7 Å². The zero-order valence-corrected chi connectivity index (χ0v) is 11.4. The first-order valence-corrected chi connectivity index (χ1v) is 2.85. The van der Waals surface area contributed by atoms with E-state index in [2.05, 4.69) is 0 Å². The SMILES string of the molecule is CCCC=O.[Na+].[Na+].[O-]S[O-]. The maximum absolute atomic E-state index is 9.40. The quantitative estimate of drug-likeness (QED) is 0.244. The molecule has 0 aromatic carbocycles. The number of rotatable bonds is 2. The molecule has 0 aliphatic heterocycles. The van der Waals surface area contributed by atoms with Gasteiger partial charge < -0.3 is 26.2 Å². The van der Waals surface area contributed by atoms with E-state index in [9.17, 15) is 4.79 Å². The fourth-order valence-corrected chi connectivity index (χ4v) is 0.118. The Balaban J connectivity index is -0.0000000326. The van der Waals surface area contributed by atoms with Crippen molar-refractivity contribution in [1.29, 1.82) is 0 Å². The molecule has 0 aromatic rings. The van der Waals surface area contributed by atoms with Gasteiger partial charge in [-0.15, -0.1) is 0 Å². The Morgan fingerprint density at radius 2 is 1.70 bits per heavy atom. The van der Waals surface area contributed by atoms with Crippen molar-refractivity contribution in [2.24, 2.45) is 0 Å². The van der Waals surface area contributed by atoms with E-state index >= 15 is 0 Å². The van der Waals surface area contributed by atoms with Crippen LogP contribution in [0.4, 0.5) is 0 Å². The summed E-state index contributed by atoms with van der Waals surface area (Å²) in [6, 6.07) is 0. The van der Waals surface area contributed by atoms with Gasteiger partial charge in [0.2, 0.25) is 0 Å². The van der Waals surface area contributed by atoms with Crippen LogP contribution in [0.2, 0.25) is 0 Å². The molecule has 0 unspecified atom stereocenters. The van der Waals surface area contributed by atoms with Gasteiger partial charge in [-0.3, -0.25) is 0 Å². The summed E-state index contributed by atoms with van der Waals surface area (Å²) in [4.78, 5) is 9.40. The molecule has 0 atom stereocenters. The smallest absolute Gasteiger partial charge is 0.811 e. The molecule has 0 spiro atoms. The molecule has 3 nitrogen and oxygen atoms in total. The molecule has 0 bridgehead atoms. The van der Waals surface area contributed by atoms with Gasteiger partial charge in [0, 0.05) is 6.42 Å². The molecule has 0 amide bonds. The topological polar surface area (TPSA) is 63.2 Å². The molecule has 10 heavy (non-hydrogen) atoms. The monoisotopic (exact) mass is 182 g/mol. The zero-order chi connectivity index (χ0) is 6.83. The maximum atomic E-state index is 9.40. The minimum atomic E-state index is -0.750. The molecule has 6 heteroatoms. The van der Waals surface area contributed by atoms with Crippen molar-refractivity contribution in [3.63, 3.8) is 0 Å². The van der Waals surface area contributed by atoms with Gasteiger partial charge >= 0.3 is 59.1 Å². The van der Waals surface area contributed by atoms with Gasteiger partial charge in [-0.1, -0.05) is 6.92 Å². The summed E-state index contributed by atoms with van der Waals surface area (Å²) in [5, 5.41) is 0. The first kappa shape index (κ1) is 22.7. The van der Waals surface area contributed by atoms with Gasteiger partial charge in [-0.05, 0) is 6.42 Å². The normalized spacial score (nSPS) is 5.50. The first-order valence-electron chi connectivity index (χ1n) is 2.18. The number of hydrogen-bond donors (Lipinski definition) is 0. The second-order valence-electron chi connectivity index (χ2n) is 1.02. The number of aldehydes is 1. The van der Waals surface area contributed by atoms with Gasteiger partial charge in [0.15, 0.2) is 0 Å². The van der Waals surface area contributed by atoms with E-state index in [-0.39, 0.29) is 59.1 Å². The molecular formula is C4H8Na2O3S. The minimum absolute atomic E-state index is 0. The van der Waals surface area contributed by atoms with Crippen LogP contribution >= 0.6 is 12.3 Å². The minimum Gasteiger partial charge on any atom is -0.811 e. The predicted octanol–water partition coefficient (Wildman–Crippen LogP) is -5.03. The van der Waals surface area contributed by atoms with Crippen LogP contribution in [0.5, 0.6) is 0 Å². The van der Waals surface area contributed by atoms with E-state index < -0.39 is 12.3 Å². The van der Waals surface area contributed by atoms with Crippen LogP contribution in [0.1, 0.15) is 19.8 Å². The Kier molecular flexibility index (Phi) is 69.4. The first-order chi connectivity index (χ1) is 3.83. The number of unbranched alkanes of at least 4 members (excludes halogenated alkanes) is 1. The van der Waals surface area contributed by atoms with Crippen molar-refractivity contribution in [2.75, 3.05) is 0 Å². The molecule has 0 aliphatic rings. The Morgan fingerprint density at radius 1 is 1.40 bits per heavy atom. The molecule has 0 heterocycles. The van der Waals surface area contributed by atoms with E-state index in [1.54, 1.807) is 0 Å². The van der Waals surface area contributed by atoms with E-state index in [1.165, 1.54) is 0 Å². The molecule has 0 aliphatic carbocycles. The van der Waals surface area contributed by atoms with Crippen LogP contribution in [0.25, 0.3) is 0 Å². The molecule has 0 saturated carbocycles. The summed E-state index contributed by atoms with van der Waals surface area (Å²) < 4.78 is 16.6. The van der Waals surface area contributed by atoms with Crippen molar-refractivity contribution < 1.29 is 73.0 Å². The van der Waals surface area contributed by atoms with Crippen LogP contribution in [-0.2, 0) is 4.79 Å². The van der Waals surface area contributed by atoms with E-state index in [0.29, 0.717) is 6.42 Å². The summed E-state index contributed by atoms with van der Waals surface area (Å²) >= 11 is -0.750. The predicted molar refractivity (Wildman–Crippen MR) is 30.1 cm³/mol. The Hall–Kier alpha value is 1.94. The Morgan fingerprint density at radius 3 is 1.70 bits per heavy atom. The zero-order valence-electron chi connectivity index (χ0n) is 6.62.